The molecule has 0 saturated heterocycles. The SMILES string of the molecule is CCON=C(COc1ccc(CC(OCC)C(=O)O)cc1)c1nnc(-c2cccc(Cl)c2)o1. The summed E-state index contributed by atoms with van der Waals surface area (Å²) in [6, 6.07) is 14.1. The van der Waals surface area contributed by atoms with Gasteiger partial charge in [0.2, 0.25) is 5.89 Å². The number of aromatic nitrogens is 2. The Bertz CT molecular complexity index is 1080. The van der Waals surface area contributed by atoms with Crippen LogP contribution in [0, 0.1) is 0 Å². The molecule has 0 aliphatic heterocycles. The number of carboxylic acids is 1. The summed E-state index contributed by atoms with van der Waals surface area (Å²) in [4.78, 5) is 16.4. The number of hydrogen-bond acceptors (Lipinski definition) is 8. The first-order valence-corrected chi connectivity index (χ1v) is 10.7. The van der Waals surface area contributed by atoms with Crippen LogP contribution in [-0.4, -0.2) is 52.9 Å². The first kappa shape index (κ1) is 24.2. The van der Waals surface area contributed by atoms with Crippen LogP contribution in [-0.2, 0) is 20.8 Å². The predicted octanol–water partition coefficient (Wildman–Crippen LogP) is 4.24. The third-order valence-electron chi connectivity index (χ3n) is 4.41. The van der Waals surface area contributed by atoms with Crippen LogP contribution >= 0.6 is 11.6 Å². The number of halogens is 1. The molecule has 0 aliphatic carbocycles. The van der Waals surface area contributed by atoms with E-state index in [-0.39, 0.29) is 18.9 Å². The summed E-state index contributed by atoms with van der Waals surface area (Å²) in [5.74, 6) is 0.0193. The van der Waals surface area contributed by atoms with Gasteiger partial charge < -0.3 is 23.8 Å². The van der Waals surface area contributed by atoms with Crippen LogP contribution in [0.5, 0.6) is 5.75 Å². The van der Waals surface area contributed by atoms with Gasteiger partial charge in [0.25, 0.3) is 5.89 Å². The van der Waals surface area contributed by atoms with Gasteiger partial charge in [0.1, 0.15) is 19.0 Å². The topological polar surface area (TPSA) is 116 Å². The molecule has 0 aliphatic rings. The summed E-state index contributed by atoms with van der Waals surface area (Å²) in [5.41, 5.74) is 1.82. The van der Waals surface area contributed by atoms with Crippen molar-refractivity contribution in [3.8, 4) is 17.2 Å². The monoisotopic (exact) mass is 473 g/mol. The van der Waals surface area contributed by atoms with Crippen LogP contribution in [0.4, 0.5) is 0 Å². The van der Waals surface area contributed by atoms with Crippen molar-refractivity contribution in [1.82, 2.24) is 10.2 Å². The lowest BCUT2D eigenvalue weighted by Gasteiger charge is -2.13. The van der Waals surface area contributed by atoms with Crippen LogP contribution in [0.25, 0.3) is 11.5 Å². The van der Waals surface area contributed by atoms with Gasteiger partial charge in [0, 0.05) is 23.6 Å². The summed E-state index contributed by atoms with van der Waals surface area (Å²) in [6.07, 6.45) is -0.632. The van der Waals surface area contributed by atoms with Gasteiger partial charge in [-0.05, 0) is 49.7 Å². The Morgan fingerprint density at radius 3 is 2.61 bits per heavy atom. The summed E-state index contributed by atoms with van der Waals surface area (Å²) >= 11 is 6.03. The molecule has 1 heterocycles. The Morgan fingerprint density at radius 1 is 1.15 bits per heavy atom. The quantitative estimate of drug-likeness (QED) is 0.306. The summed E-state index contributed by atoms with van der Waals surface area (Å²) in [5, 5.41) is 21.9. The largest absolute Gasteiger partial charge is 0.487 e. The molecule has 1 aromatic heterocycles. The summed E-state index contributed by atoms with van der Waals surface area (Å²) in [7, 11) is 0. The van der Waals surface area contributed by atoms with E-state index in [1.54, 1.807) is 62.4 Å². The van der Waals surface area contributed by atoms with E-state index in [1.807, 2.05) is 0 Å². The fourth-order valence-corrected chi connectivity index (χ4v) is 3.04. The lowest BCUT2D eigenvalue weighted by atomic mass is 10.1. The molecule has 0 spiro atoms. The summed E-state index contributed by atoms with van der Waals surface area (Å²) < 4.78 is 16.8. The molecular formula is C23H24ClN3O6. The van der Waals surface area contributed by atoms with Crippen LogP contribution in [0.3, 0.4) is 0 Å². The zero-order valence-corrected chi connectivity index (χ0v) is 19.0. The van der Waals surface area contributed by atoms with Gasteiger partial charge in [0.15, 0.2) is 11.8 Å². The maximum atomic E-state index is 11.3. The van der Waals surface area contributed by atoms with E-state index in [0.29, 0.717) is 41.2 Å². The molecule has 0 radical (unpaired) electrons. The number of oxime groups is 1. The van der Waals surface area contributed by atoms with Crippen LogP contribution in [0.2, 0.25) is 5.02 Å². The van der Waals surface area contributed by atoms with Crippen molar-refractivity contribution in [2.45, 2.75) is 26.4 Å². The van der Waals surface area contributed by atoms with Crippen molar-refractivity contribution in [3.05, 3.63) is 65.0 Å². The second kappa shape index (κ2) is 12.0. The molecule has 3 aromatic rings. The molecule has 0 saturated carbocycles. The number of aliphatic carboxylic acids is 1. The standard InChI is InChI=1S/C23H24ClN3O6/c1-3-30-20(23(28)29)12-15-8-10-18(11-9-15)31-14-19(27-32-4-2)22-26-25-21(33-22)16-6-5-7-17(24)13-16/h5-11,13,20H,3-4,12,14H2,1-2H3,(H,28,29). The Balaban J connectivity index is 1.68. The lowest BCUT2D eigenvalue weighted by molar-refractivity contribution is -0.149. The number of carbonyl (C=O) groups is 1. The Morgan fingerprint density at radius 2 is 1.94 bits per heavy atom. The molecule has 174 valence electrons. The fraction of sp³-hybridized carbons (Fsp3) is 0.304. The van der Waals surface area contributed by atoms with Gasteiger partial charge >= 0.3 is 5.97 Å². The molecular weight excluding hydrogens is 450 g/mol. The second-order valence-corrected chi connectivity index (χ2v) is 7.23. The molecule has 33 heavy (non-hydrogen) atoms. The highest BCUT2D eigenvalue weighted by Crippen LogP contribution is 2.22. The summed E-state index contributed by atoms with van der Waals surface area (Å²) in [6.45, 7) is 4.27. The number of benzene rings is 2. The molecule has 0 fully saturated rings. The van der Waals surface area contributed by atoms with Gasteiger partial charge in [0.05, 0.1) is 0 Å². The van der Waals surface area contributed by atoms with Crippen LogP contribution in [0.15, 0.2) is 58.1 Å². The van der Waals surface area contributed by atoms with Crippen molar-refractivity contribution in [3.63, 3.8) is 0 Å². The van der Waals surface area contributed by atoms with Crippen LogP contribution < -0.4 is 4.74 Å². The minimum absolute atomic E-state index is 0.0211. The number of rotatable bonds is 12. The van der Waals surface area contributed by atoms with E-state index in [1.165, 1.54) is 0 Å². The average Bonchev–Trinajstić information content (AvgIpc) is 3.30. The molecule has 1 unspecified atom stereocenters. The smallest absolute Gasteiger partial charge is 0.333 e. The van der Waals surface area contributed by atoms with Crippen molar-refractivity contribution >= 4 is 23.3 Å². The first-order chi connectivity index (χ1) is 16.0. The normalized spacial score (nSPS) is 12.4. The Kier molecular flexibility index (Phi) is 8.79. The number of ether oxygens (including phenoxy) is 2. The maximum Gasteiger partial charge on any atom is 0.333 e. The zero-order valence-electron chi connectivity index (χ0n) is 18.2. The molecule has 0 amide bonds. The maximum absolute atomic E-state index is 11.3. The van der Waals surface area contributed by atoms with E-state index >= 15 is 0 Å². The minimum atomic E-state index is -0.995. The molecule has 1 N–H and O–H groups in total. The van der Waals surface area contributed by atoms with Crippen molar-refractivity contribution < 1.29 is 28.6 Å². The van der Waals surface area contributed by atoms with E-state index in [2.05, 4.69) is 15.4 Å². The molecule has 1 atom stereocenters. The first-order valence-electron chi connectivity index (χ1n) is 10.3. The average molecular weight is 474 g/mol. The predicted molar refractivity (Wildman–Crippen MR) is 122 cm³/mol. The molecule has 9 nitrogen and oxygen atoms in total. The molecule has 0 bridgehead atoms. The van der Waals surface area contributed by atoms with Gasteiger partial charge in [-0.15, -0.1) is 10.2 Å². The third-order valence-corrected chi connectivity index (χ3v) is 4.65. The number of hydrogen-bond donors (Lipinski definition) is 1. The molecule has 3 rings (SSSR count). The van der Waals surface area contributed by atoms with Crippen molar-refractivity contribution in [1.29, 1.82) is 0 Å². The third kappa shape index (κ3) is 7.03. The van der Waals surface area contributed by atoms with Gasteiger partial charge in [-0.3, -0.25) is 0 Å². The van der Waals surface area contributed by atoms with E-state index in [0.717, 1.165) is 5.56 Å². The lowest BCUT2D eigenvalue weighted by Crippen LogP contribution is -2.26. The molecule has 10 heteroatoms. The van der Waals surface area contributed by atoms with Crippen molar-refractivity contribution in [2.24, 2.45) is 5.16 Å². The van der Waals surface area contributed by atoms with E-state index < -0.39 is 12.1 Å². The van der Waals surface area contributed by atoms with Gasteiger partial charge in [-0.1, -0.05) is 35.0 Å². The highest BCUT2D eigenvalue weighted by atomic mass is 35.5. The number of nitrogens with zero attached hydrogens (tertiary/aromatic N) is 3. The van der Waals surface area contributed by atoms with Gasteiger partial charge in [-0.25, -0.2) is 4.79 Å². The molecule has 2 aromatic carbocycles. The van der Waals surface area contributed by atoms with E-state index in [4.69, 9.17) is 30.3 Å². The highest BCUT2D eigenvalue weighted by Gasteiger charge is 2.19. The highest BCUT2D eigenvalue weighted by molar-refractivity contribution is 6.30. The van der Waals surface area contributed by atoms with Gasteiger partial charge in [-0.2, -0.15) is 0 Å². The van der Waals surface area contributed by atoms with Crippen molar-refractivity contribution in [2.75, 3.05) is 19.8 Å². The zero-order chi connectivity index (χ0) is 23.6. The minimum Gasteiger partial charge on any atom is -0.487 e. The Hall–Kier alpha value is -3.43. The number of carboxylic acid groups (broad SMARTS) is 1. The second-order valence-electron chi connectivity index (χ2n) is 6.80. The Labute approximate surface area is 195 Å². The van der Waals surface area contributed by atoms with E-state index in [9.17, 15) is 9.90 Å². The fourth-order valence-electron chi connectivity index (χ4n) is 2.85. The van der Waals surface area contributed by atoms with Crippen LogP contribution in [0.1, 0.15) is 25.3 Å².